The zero-order valence-corrected chi connectivity index (χ0v) is 19.8. The van der Waals surface area contributed by atoms with Crippen molar-refractivity contribution in [1.82, 2.24) is 5.32 Å². The number of carbonyl (C=O) groups excluding carboxylic acids is 2. The van der Waals surface area contributed by atoms with Gasteiger partial charge in [-0.25, -0.2) is 4.79 Å². The van der Waals surface area contributed by atoms with E-state index in [1.807, 2.05) is 0 Å². The van der Waals surface area contributed by atoms with Gasteiger partial charge in [-0.15, -0.1) is 0 Å². The highest BCUT2D eigenvalue weighted by molar-refractivity contribution is 5.90. The normalized spacial score (nSPS) is 10.6. The number of anilines is 1. The maximum Gasteiger partial charge on any atom is 0.412 e. The van der Waals surface area contributed by atoms with Crippen molar-refractivity contribution < 1.29 is 14.3 Å². The molecule has 2 N–H and O–H groups in total. The van der Waals surface area contributed by atoms with Crippen molar-refractivity contribution >= 4 is 17.7 Å². The van der Waals surface area contributed by atoms with Gasteiger partial charge in [-0.3, -0.25) is 4.79 Å². The van der Waals surface area contributed by atoms with Gasteiger partial charge in [0.05, 0.1) is 0 Å². The van der Waals surface area contributed by atoms with Gasteiger partial charge in [-0.05, 0) is 30.7 Å². The van der Waals surface area contributed by atoms with Crippen LogP contribution in [-0.4, -0.2) is 19.0 Å². The van der Waals surface area contributed by atoms with Crippen LogP contribution in [0.2, 0.25) is 0 Å². The van der Waals surface area contributed by atoms with Gasteiger partial charge in [0.2, 0.25) is 5.91 Å². The van der Waals surface area contributed by atoms with Gasteiger partial charge in [0, 0.05) is 19.2 Å². The van der Waals surface area contributed by atoms with E-state index in [0.29, 0.717) is 12.2 Å². The Balaban J connectivity index is 1.92. The van der Waals surface area contributed by atoms with Gasteiger partial charge in [0.25, 0.3) is 0 Å². The minimum atomic E-state index is -0.509. The molecule has 1 rings (SSSR count). The summed E-state index contributed by atoms with van der Waals surface area (Å²) in [6.45, 7) is 2.27. The van der Waals surface area contributed by atoms with Crippen LogP contribution in [0.15, 0.2) is 24.3 Å². The summed E-state index contributed by atoms with van der Waals surface area (Å²) in [7, 11) is 1.51. The Morgan fingerprint density at radius 1 is 0.710 bits per heavy atom. The van der Waals surface area contributed by atoms with Gasteiger partial charge in [0.15, 0.2) is 0 Å². The predicted molar refractivity (Wildman–Crippen MR) is 130 cm³/mol. The minimum Gasteiger partial charge on any atom is -0.410 e. The number of carbonyl (C=O) groups is 2. The molecule has 0 saturated carbocycles. The van der Waals surface area contributed by atoms with E-state index in [4.69, 9.17) is 4.74 Å². The highest BCUT2D eigenvalue weighted by Gasteiger charge is 2.04. The second-order valence-electron chi connectivity index (χ2n) is 8.41. The topological polar surface area (TPSA) is 67.4 Å². The van der Waals surface area contributed by atoms with E-state index in [-0.39, 0.29) is 5.91 Å². The summed E-state index contributed by atoms with van der Waals surface area (Å²) in [5.74, 6) is 0.481. The lowest BCUT2D eigenvalue weighted by Crippen LogP contribution is -2.22. The molecule has 0 spiro atoms. The molecule has 1 aromatic rings. The van der Waals surface area contributed by atoms with Gasteiger partial charge in [-0.1, -0.05) is 96.8 Å². The second-order valence-corrected chi connectivity index (χ2v) is 8.41. The third-order valence-corrected chi connectivity index (χ3v) is 5.56. The van der Waals surface area contributed by atoms with Crippen LogP contribution in [0.5, 0.6) is 5.75 Å². The Bertz CT molecular complexity index is 587. The molecule has 176 valence electrons. The molecule has 1 aromatic carbocycles. The number of ether oxygens (including phenoxy) is 1. The summed E-state index contributed by atoms with van der Waals surface area (Å²) < 4.78 is 5.02. The average molecular weight is 433 g/mol. The molecule has 0 aliphatic heterocycles. The minimum absolute atomic E-state index is 0.0367. The third-order valence-electron chi connectivity index (χ3n) is 5.56. The van der Waals surface area contributed by atoms with Gasteiger partial charge >= 0.3 is 6.09 Å². The first-order valence-electron chi connectivity index (χ1n) is 12.4. The summed E-state index contributed by atoms with van der Waals surface area (Å²) >= 11 is 0. The molecular formula is C26H44N2O3. The SMILES string of the molecule is CCCCCCCCCCCCCCCCCC(=O)Nc1ccc(OC(=O)NC)cc1. The number of rotatable bonds is 18. The van der Waals surface area contributed by atoms with Crippen molar-refractivity contribution in [3.63, 3.8) is 0 Å². The molecule has 2 amide bonds. The Morgan fingerprint density at radius 3 is 1.61 bits per heavy atom. The number of hydrogen-bond acceptors (Lipinski definition) is 3. The lowest BCUT2D eigenvalue weighted by atomic mass is 10.0. The Morgan fingerprint density at radius 2 is 1.16 bits per heavy atom. The first kappa shape index (κ1) is 27.0. The van der Waals surface area contributed by atoms with Crippen LogP contribution in [0.25, 0.3) is 0 Å². The molecule has 0 aliphatic carbocycles. The molecule has 0 atom stereocenters. The zero-order chi connectivity index (χ0) is 22.6. The fraction of sp³-hybridized carbons (Fsp3) is 0.692. The fourth-order valence-corrected chi connectivity index (χ4v) is 3.64. The second kappa shape index (κ2) is 18.7. The maximum atomic E-state index is 12.0. The largest absolute Gasteiger partial charge is 0.412 e. The molecule has 0 aromatic heterocycles. The summed E-state index contributed by atoms with van der Waals surface area (Å²) in [6, 6.07) is 6.81. The molecule has 31 heavy (non-hydrogen) atoms. The van der Waals surface area contributed by atoms with Crippen LogP contribution < -0.4 is 15.4 Å². The monoisotopic (exact) mass is 432 g/mol. The number of amides is 2. The molecule has 0 fully saturated rings. The molecule has 5 nitrogen and oxygen atoms in total. The first-order valence-corrected chi connectivity index (χ1v) is 12.4. The lowest BCUT2D eigenvalue weighted by Gasteiger charge is -2.07. The lowest BCUT2D eigenvalue weighted by molar-refractivity contribution is -0.116. The molecule has 5 heteroatoms. The number of benzene rings is 1. The Hall–Kier alpha value is -2.04. The molecule has 0 bridgehead atoms. The van der Waals surface area contributed by atoms with Crippen molar-refractivity contribution in [3.8, 4) is 5.75 Å². The standard InChI is InChI=1S/C26H44N2O3/c1-3-4-5-6-7-8-9-10-11-12-13-14-15-16-17-18-25(29)28-23-19-21-24(22-20-23)31-26(30)27-2/h19-22H,3-18H2,1-2H3,(H,27,30)(H,28,29). The molecule has 0 unspecified atom stereocenters. The zero-order valence-electron chi connectivity index (χ0n) is 19.8. The van der Waals surface area contributed by atoms with Crippen LogP contribution in [-0.2, 0) is 4.79 Å². The number of nitrogens with one attached hydrogen (secondary N) is 2. The van der Waals surface area contributed by atoms with Crippen LogP contribution in [0, 0.1) is 0 Å². The first-order chi connectivity index (χ1) is 15.2. The van der Waals surface area contributed by atoms with E-state index < -0.39 is 6.09 Å². The van der Waals surface area contributed by atoms with Crippen molar-refractivity contribution in [1.29, 1.82) is 0 Å². The van der Waals surface area contributed by atoms with E-state index in [1.165, 1.54) is 90.5 Å². The molecule has 0 heterocycles. The molecular weight excluding hydrogens is 388 g/mol. The summed E-state index contributed by atoms with van der Waals surface area (Å²) in [5, 5.41) is 5.28. The highest BCUT2D eigenvalue weighted by atomic mass is 16.5. The summed E-state index contributed by atoms with van der Waals surface area (Å²) in [5.41, 5.74) is 0.718. The predicted octanol–water partition coefficient (Wildman–Crippen LogP) is 7.60. The van der Waals surface area contributed by atoms with E-state index in [2.05, 4.69) is 17.6 Å². The van der Waals surface area contributed by atoms with Crippen LogP contribution in [0.3, 0.4) is 0 Å². The van der Waals surface area contributed by atoms with Crippen molar-refractivity contribution in [2.75, 3.05) is 12.4 Å². The van der Waals surface area contributed by atoms with Crippen LogP contribution in [0.1, 0.15) is 110 Å². The summed E-state index contributed by atoms with van der Waals surface area (Å²) in [4.78, 5) is 23.2. The van der Waals surface area contributed by atoms with Crippen molar-refractivity contribution in [2.45, 2.75) is 110 Å². The highest BCUT2D eigenvalue weighted by Crippen LogP contribution is 2.17. The van der Waals surface area contributed by atoms with Gasteiger partial charge in [-0.2, -0.15) is 0 Å². The van der Waals surface area contributed by atoms with Gasteiger partial charge in [0.1, 0.15) is 5.75 Å². The van der Waals surface area contributed by atoms with E-state index in [1.54, 1.807) is 24.3 Å². The van der Waals surface area contributed by atoms with Gasteiger partial charge < -0.3 is 15.4 Å². The average Bonchev–Trinajstić information content (AvgIpc) is 2.77. The smallest absolute Gasteiger partial charge is 0.410 e. The van der Waals surface area contributed by atoms with Crippen LogP contribution in [0.4, 0.5) is 10.5 Å². The third kappa shape index (κ3) is 15.4. The molecule has 0 radical (unpaired) electrons. The maximum absolute atomic E-state index is 12.0. The quantitative estimate of drug-likeness (QED) is 0.235. The Kier molecular flexibility index (Phi) is 16.3. The number of unbranched alkanes of at least 4 members (excludes halogenated alkanes) is 14. The molecule has 0 saturated heterocycles. The number of hydrogen-bond donors (Lipinski definition) is 2. The Labute approximate surface area is 189 Å². The fourth-order valence-electron chi connectivity index (χ4n) is 3.64. The van der Waals surface area contributed by atoms with Crippen molar-refractivity contribution in [3.05, 3.63) is 24.3 Å². The van der Waals surface area contributed by atoms with Crippen LogP contribution >= 0.6 is 0 Å². The molecule has 0 aliphatic rings. The summed E-state index contributed by atoms with van der Waals surface area (Å²) in [6.07, 6.45) is 19.9. The van der Waals surface area contributed by atoms with E-state index in [0.717, 1.165) is 18.5 Å². The van der Waals surface area contributed by atoms with E-state index in [9.17, 15) is 9.59 Å². The van der Waals surface area contributed by atoms with E-state index >= 15 is 0 Å². The van der Waals surface area contributed by atoms with Crippen molar-refractivity contribution in [2.24, 2.45) is 0 Å².